The normalized spacial score (nSPS) is 27.0. The summed E-state index contributed by atoms with van der Waals surface area (Å²) in [5.41, 5.74) is 0. The summed E-state index contributed by atoms with van der Waals surface area (Å²) in [6.07, 6.45) is 2.75. The molecule has 1 aliphatic rings. The lowest BCUT2D eigenvalue weighted by Gasteiger charge is -2.28. The minimum Gasteiger partial charge on any atom is -0.316 e. The Bertz CT molecular complexity index is 111. The summed E-state index contributed by atoms with van der Waals surface area (Å²) in [6.45, 7) is 9.33. The van der Waals surface area contributed by atoms with Crippen molar-refractivity contribution in [1.82, 2.24) is 5.32 Å². The summed E-state index contributed by atoms with van der Waals surface area (Å²) < 4.78 is 0.434. The highest BCUT2D eigenvalue weighted by molar-refractivity contribution is 8.01. The van der Waals surface area contributed by atoms with Crippen LogP contribution in [0.4, 0.5) is 0 Å². The Hall–Kier alpha value is 0.310. The van der Waals surface area contributed by atoms with E-state index in [0.717, 1.165) is 5.25 Å². The Kier molecular flexibility index (Phi) is 3.26. The predicted octanol–water partition coefficient (Wildman–Crippen LogP) is 2.27. The summed E-state index contributed by atoms with van der Waals surface area (Å²) in [5, 5.41) is 4.29. The van der Waals surface area contributed by atoms with Crippen LogP contribution < -0.4 is 5.32 Å². The monoisotopic (exact) mass is 173 g/mol. The standard InChI is InChI=1S/C9H19NS/c1-9(2,3)11-8-5-4-6-10-7-8/h8,10H,4-7H2,1-3H3. The van der Waals surface area contributed by atoms with Crippen molar-refractivity contribution in [2.45, 2.75) is 43.6 Å². The van der Waals surface area contributed by atoms with Crippen molar-refractivity contribution in [2.75, 3.05) is 13.1 Å². The van der Waals surface area contributed by atoms with E-state index in [1.165, 1.54) is 25.9 Å². The molecule has 1 saturated heterocycles. The summed E-state index contributed by atoms with van der Waals surface area (Å²) in [4.78, 5) is 0. The van der Waals surface area contributed by atoms with Gasteiger partial charge in [0.25, 0.3) is 0 Å². The van der Waals surface area contributed by atoms with E-state index in [9.17, 15) is 0 Å². The summed E-state index contributed by atoms with van der Waals surface area (Å²) in [7, 11) is 0. The second-order valence-electron chi connectivity index (χ2n) is 4.20. The first-order chi connectivity index (χ1) is 5.08. The van der Waals surface area contributed by atoms with E-state index < -0.39 is 0 Å². The molecule has 1 aliphatic heterocycles. The molecule has 1 unspecified atom stereocenters. The van der Waals surface area contributed by atoms with Crippen LogP contribution in [0.2, 0.25) is 0 Å². The lowest BCUT2D eigenvalue weighted by Crippen LogP contribution is -2.33. The second-order valence-corrected chi connectivity index (χ2v) is 6.33. The highest BCUT2D eigenvalue weighted by atomic mass is 32.2. The number of nitrogens with one attached hydrogen (secondary N) is 1. The van der Waals surface area contributed by atoms with E-state index in [-0.39, 0.29) is 0 Å². The molecule has 1 fully saturated rings. The van der Waals surface area contributed by atoms with Gasteiger partial charge in [-0.1, -0.05) is 20.8 Å². The molecular weight excluding hydrogens is 154 g/mol. The molecule has 66 valence electrons. The van der Waals surface area contributed by atoms with Crippen LogP contribution in [0.5, 0.6) is 0 Å². The van der Waals surface area contributed by atoms with Gasteiger partial charge in [0, 0.05) is 16.5 Å². The molecule has 1 rings (SSSR count). The molecule has 0 amide bonds. The smallest absolute Gasteiger partial charge is 0.0178 e. The van der Waals surface area contributed by atoms with Crippen molar-refractivity contribution in [2.24, 2.45) is 0 Å². The third-order valence-electron chi connectivity index (χ3n) is 1.77. The molecule has 0 saturated carbocycles. The zero-order chi connectivity index (χ0) is 8.32. The van der Waals surface area contributed by atoms with Crippen molar-refractivity contribution < 1.29 is 0 Å². The predicted molar refractivity (Wildman–Crippen MR) is 53.2 cm³/mol. The lowest BCUT2D eigenvalue weighted by molar-refractivity contribution is 0.528. The number of piperidine rings is 1. The first-order valence-corrected chi connectivity index (χ1v) is 5.34. The average molecular weight is 173 g/mol. The molecule has 0 bridgehead atoms. The Balaban J connectivity index is 2.24. The van der Waals surface area contributed by atoms with Gasteiger partial charge in [-0.2, -0.15) is 11.8 Å². The average Bonchev–Trinajstić information content (AvgIpc) is 1.85. The molecule has 1 heterocycles. The lowest BCUT2D eigenvalue weighted by atomic mass is 10.2. The molecule has 0 aromatic carbocycles. The van der Waals surface area contributed by atoms with E-state index >= 15 is 0 Å². The number of rotatable bonds is 1. The molecule has 0 aliphatic carbocycles. The van der Waals surface area contributed by atoms with Crippen LogP contribution in [0.15, 0.2) is 0 Å². The Morgan fingerprint density at radius 1 is 1.36 bits per heavy atom. The van der Waals surface area contributed by atoms with Gasteiger partial charge in [0.05, 0.1) is 0 Å². The molecule has 11 heavy (non-hydrogen) atoms. The third kappa shape index (κ3) is 4.02. The third-order valence-corrected chi connectivity index (χ3v) is 3.21. The highest BCUT2D eigenvalue weighted by Crippen LogP contribution is 2.30. The van der Waals surface area contributed by atoms with Crippen LogP contribution in [0.25, 0.3) is 0 Å². The van der Waals surface area contributed by atoms with Crippen LogP contribution in [0, 0.1) is 0 Å². The largest absolute Gasteiger partial charge is 0.316 e. The van der Waals surface area contributed by atoms with Crippen molar-refractivity contribution in [3.63, 3.8) is 0 Å². The number of thioether (sulfide) groups is 1. The topological polar surface area (TPSA) is 12.0 Å². The summed E-state index contributed by atoms with van der Waals surface area (Å²) in [6, 6.07) is 0. The van der Waals surface area contributed by atoms with Crippen molar-refractivity contribution in [3.8, 4) is 0 Å². The molecule has 0 aromatic heterocycles. The maximum atomic E-state index is 3.44. The quantitative estimate of drug-likeness (QED) is 0.653. The first kappa shape index (κ1) is 9.40. The summed E-state index contributed by atoms with van der Waals surface area (Å²) in [5.74, 6) is 0. The van der Waals surface area contributed by atoms with Gasteiger partial charge in [0.1, 0.15) is 0 Å². The van der Waals surface area contributed by atoms with Crippen molar-refractivity contribution >= 4 is 11.8 Å². The minimum absolute atomic E-state index is 0.434. The molecule has 1 atom stereocenters. The number of hydrogen-bond acceptors (Lipinski definition) is 2. The van der Waals surface area contributed by atoms with Crippen LogP contribution in [-0.4, -0.2) is 23.1 Å². The zero-order valence-electron chi connectivity index (χ0n) is 7.81. The molecular formula is C9H19NS. The Labute approximate surface area is 74.3 Å². The fraction of sp³-hybridized carbons (Fsp3) is 1.00. The van der Waals surface area contributed by atoms with Crippen LogP contribution in [-0.2, 0) is 0 Å². The van der Waals surface area contributed by atoms with E-state index in [4.69, 9.17) is 0 Å². The van der Waals surface area contributed by atoms with Crippen molar-refractivity contribution in [1.29, 1.82) is 0 Å². The fourth-order valence-electron chi connectivity index (χ4n) is 1.42. The molecule has 1 N–H and O–H groups in total. The maximum Gasteiger partial charge on any atom is 0.0178 e. The Morgan fingerprint density at radius 2 is 2.09 bits per heavy atom. The van der Waals surface area contributed by atoms with Gasteiger partial charge < -0.3 is 5.32 Å². The zero-order valence-corrected chi connectivity index (χ0v) is 8.63. The highest BCUT2D eigenvalue weighted by Gasteiger charge is 2.20. The van der Waals surface area contributed by atoms with Gasteiger partial charge in [-0.25, -0.2) is 0 Å². The fourth-order valence-corrected chi connectivity index (χ4v) is 2.91. The molecule has 2 heteroatoms. The molecule has 0 aromatic rings. The van der Waals surface area contributed by atoms with Crippen LogP contribution in [0.3, 0.4) is 0 Å². The van der Waals surface area contributed by atoms with Gasteiger partial charge in [-0.05, 0) is 19.4 Å². The van der Waals surface area contributed by atoms with Crippen LogP contribution >= 0.6 is 11.8 Å². The van der Waals surface area contributed by atoms with Gasteiger partial charge in [0.15, 0.2) is 0 Å². The number of hydrogen-bond donors (Lipinski definition) is 1. The second kappa shape index (κ2) is 3.81. The minimum atomic E-state index is 0.434. The van der Waals surface area contributed by atoms with E-state index in [0.29, 0.717) is 4.75 Å². The molecule has 1 nitrogen and oxygen atoms in total. The van der Waals surface area contributed by atoms with Gasteiger partial charge >= 0.3 is 0 Å². The SMILES string of the molecule is CC(C)(C)SC1CCCNC1. The van der Waals surface area contributed by atoms with E-state index in [2.05, 4.69) is 37.8 Å². The van der Waals surface area contributed by atoms with Crippen LogP contribution in [0.1, 0.15) is 33.6 Å². The van der Waals surface area contributed by atoms with Gasteiger partial charge in [-0.3, -0.25) is 0 Å². The maximum absolute atomic E-state index is 3.44. The molecule has 0 spiro atoms. The van der Waals surface area contributed by atoms with E-state index in [1.807, 2.05) is 0 Å². The van der Waals surface area contributed by atoms with Gasteiger partial charge in [-0.15, -0.1) is 0 Å². The first-order valence-electron chi connectivity index (χ1n) is 4.46. The van der Waals surface area contributed by atoms with E-state index in [1.54, 1.807) is 0 Å². The summed E-state index contributed by atoms with van der Waals surface area (Å²) >= 11 is 2.12. The Morgan fingerprint density at radius 3 is 2.55 bits per heavy atom. The van der Waals surface area contributed by atoms with Gasteiger partial charge in [0.2, 0.25) is 0 Å². The molecule has 0 radical (unpaired) electrons. The van der Waals surface area contributed by atoms with Crippen molar-refractivity contribution in [3.05, 3.63) is 0 Å².